The standard InChI is InChI=1S/C20H38N2O2/c1-3-5-7-9-11-19(23)22(18-15-13-17(21)14-16-18)20(24)12-10-8-6-4-2/h17-18H,3-16,21H2,1-2H3. The van der Waals surface area contributed by atoms with Crippen molar-refractivity contribution in [2.75, 3.05) is 0 Å². The molecule has 4 heteroatoms. The maximum Gasteiger partial charge on any atom is 0.229 e. The molecule has 1 fully saturated rings. The molecule has 0 spiro atoms. The third-order valence-corrected chi connectivity index (χ3v) is 5.13. The molecule has 1 rings (SSSR count). The first-order valence-electron chi connectivity index (χ1n) is 10.2. The summed E-state index contributed by atoms with van der Waals surface area (Å²) in [4.78, 5) is 27.0. The van der Waals surface area contributed by atoms with Crippen LogP contribution in [-0.2, 0) is 9.59 Å². The Bertz CT molecular complexity index is 339. The van der Waals surface area contributed by atoms with Gasteiger partial charge in [0.15, 0.2) is 0 Å². The van der Waals surface area contributed by atoms with Crippen molar-refractivity contribution in [3.8, 4) is 0 Å². The predicted octanol–water partition coefficient (Wildman–Crippen LogP) is 4.55. The monoisotopic (exact) mass is 338 g/mol. The smallest absolute Gasteiger partial charge is 0.229 e. The van der Waals surface area contributed by atoms with E-state index in [4.69, 9.17) is 5.73 Å². The fraction of sp³-hybridized carbons (Fsp3) is 0.900. The van der Waals surface area contributed by atoms with Gasteiger partial charge in [0.25, 0.3) is 0 Å². The number of unbranched alkanes of at least 4 members (excludes halogenated alkanes) is 6. The molecule has 2 amide bonds. The molecule has 0 aromatic carbocycles. The Kier molecular flexibility index (Phi) is 11.0. The Morgan fingerprint density at radius 1 is 0.792 bits per heavy atom. The first kappa shape index (κ1) is 21.1. The molecule has 0 aromatic heterocycles. The van der Waals surface area contributed by atoms with Crippen LogP contribution in [0, 0.1) is 0 Å². The quantitative estimate of drug-likeness (QED) is 0.562. The van der Waals surface area contributed by atoms with E-state index >= 15 is 0 Å². The van der Waals surface area contributed by atoms with Gasteiger partial charge in [0.05, 0.1) is 0 Å². The highest BCUT2D eigenvalue weighted by Crippen LogP contribution is 2.24. The highest BCUT2D eigenvalue weighted by atomic mass is 16.2. The van der Waals surface area contributed by atoms with E-state index < -0.39 is 0 Å². The summed E-state index contributed by atoms with van der Waals surface area (Å²) < 4.78 is 0. The van der Waals surface area contributed by atoms with Crippen LogP contribution in [0.2, 0.25) is 0 Å². The van der Waals surface area contributed by atoms with Crippen molar-refractivity contribution in [1.29, 1.82) is 0 Å². The summed E-state index contributed by atoms with van der Waals surface area (Å²) in [7, 11) is 0. The lowest BCUT2D eigenvalue weighted by molar-refractivity contribution is -0.148. The molecule has 0 bridgehead atoms. The fourth-order valence-corrected chi connectivity index (χ4v) is 3.55. The van der Waals surface area contributed by atoms with Crippen LogP contribution in [0.25, 0.3) is 0 Å². The molecule has 0 unspecified atom stereocenters. The van der Waals surface area contributed by atoms with Gasteiger partial charge in [-0.2, -0.15) is 0 Å². The van der Waals surface area contributed by atoms with Crippen molar-refractivity contribution < 1.29 is 9.59 Å². The lowest BCUT2D eigenvalue weighted by Gasteiger charge is -2.35. The summed E-state index contributed by atoms with van der Waals surface area (Å²) in [6, 6.07) is 0.324. The van der Waals surface area contributed by atoms with Crippen molar-refractivity contribution in [1.82, 2.24) is 4.90 Å². The number of carbonyl (C=O) groups is 2. The number of imide groups is 1. The SMILES string of the molecule is CCCCCCC(=O)N(C(=O)CCCCCC)C1CCC(N)CC1. The third kappa shape index (κ3) is 7.78. The van der Waals surface area contributed by atoms with Crippen molar-refractivity contribution in [3.63, 3.8) is 0 Å². The second kappa shape index (κ2) is 12.5. The zero-order valence-corrected chi connectivity index (χ0v) is 15.9. The van der Waals surface area contributed by atoms with Crippen LogP contribution in [0.4, 0.5) is 0 Å². The van der Waals surface area contributed by atoms with Crippen LogP contribution in [0.3, 0.4) is 0 Å². The van der Waals surface area contributed by atoms with Crippen molar-refractivity contribution in [2.24, 2.45) is 5.73 Å². The van der Waals surface area contributed by atoms with E-state index in [1.165, 1.54) is 0 Å². The van der Waals surface area contributed by atoms with Gasteiger partial charge in [-0.05, 0) is 38.5 Å². The molecule has 0 radical (unpaired) electrons. The van der Waals surface area contributed by atoms with Crippen molar-refractivity contribution in [2.45, 2.75) is 116 Å². The average Bonchev–Trinajstić information content (AvgIpc) is 2.57. The van der Waals surface area contributed by atoms with Gasteiger partial charge >= 0.3 is 0 Å². The average molecular weight is 339 g/mol. The highest BCUT2D eigenvalue weighted by Gasteiger charge is 2.31. The van der Waals surface area contributed by atoms with Crippen LogP contribution in [-0.4, -0.2) is 28.8 Å². The van der Waals surface area contributed by atoms with Gasteiger partial charge < -0.3 is 5.73 Å². The topological polar surface area (TPSA) is 63.4 Å². The molecule has 2 N–H and O–H groups in total. The molecule has 0 atom stereocenters. The zero-order valence-electron chi connectivity index (χ0n) is 15.9. The Morgan fingerprint density at radius 2 is 1.25 bits per heavy atom. The molecule has 4 nitrogen and oxygen atoms in total. The second-order valence-corrected chi connectivity index (χ2v) is 7.35. The summed E-state index contributed by atoms with van der Waals surface area (Å²) in [5.41, 5.74) is 5.99. The Morgan fingerprint density at radius 3 is 1.67 bits per heavy atom. The minimum Gasteiger partial charge on any atom is -0.328 e. The van der Waals surface area contributed by atoms with Gasteiger partial charge in [0.2, 0.25) is 11.8 Å². The molecule has 1 aliphatic carbocycles. The molecule has 1 aliphatic rings. The summed E-state index contributed by atoms with van der Waals surface area (Å²) in [6.45, 7) is 4.33. The molecule has 0 aromatic rings. The molecule has 0 aliphatic heterocycles. The van der Waals surface area contributed by atoms with E-state index in [-0.39, 0.29) is 23.9 Å². The third-order valence-electron chi connectivity index (χ3n) is 5.13. The minimum absolute atomic E-state index is 0.0482. The van der Waals surface area contributed by atoms with Gasteiger partial charge in [0.1, 0.15) is 0 Å². The van der Waals surface area contributed by atoms with Gasteiger partial charge in [0, 0.05) is 24.9 Å². The number of rotatable bonds is 11. The number of carbonyl (C=O) groups excluding carboxylic acids is 2. The molecule has 0 saturated heterocycles. The molecule has 24 heavy (non-hydrogen) atoms. The normalized spacial score (nSPS) is 20.8. The van der Waals surface area contributed by atoms with E-state index in [0.717, 1.165) is 77.0 Å². The lowest BCUT2D eigenvalue weighted by Crippen LogP contribution is -2.47. The summed E-state index contributed by atoms with van der Waals surface area (Å²) in [5, 5.41) is 0. The number of nitrogens with zero attached hydrogens (tertiary/aromatic N) is 1. The summed E-state index contributed by atoms with van der Waals surface area (Å²) >= 11 is 0. The van der Waals surface area contributed by atoms with Crippen molar-refractivity contribution >= 4 is 11.8 Å². The molecule has 140 valence electrons. The highest BCUT2D eigenvalue weighted by molar-refractivity contribution is 5.95. The maximum atomic E-state index is 12.7. The van der Waals surface area contributed by atoms with E-state index in [1.54, 1.807) is 4.90 Å². The van der Waals surface area contributed by atoms with Crippen molar-refractivity contribution in [3.05, 3.63) is 0 Å². The lowest BCUT2D eigenvalue weighted by atomic mass is 9.90. The number of hydrogen-bond acceptors (Lipinski definition) is 3. The summed E-state index contributed by atoms with van der Waals surface area (Å²) in [5.74, 6) is 0.0964. The van der Waals surface area contributed by atoms with Crippen LogP contribution in [0.5, 0.6) is 0 Å². The van der Waals surface area contributed by atoms with E-state index in [9.17, 15) is 9.59 Å². The number of hydrogen-bond donors (Lipinski definition) is 1. The maximum absolute atomic E-state index is 12.7. The van der Waals surface area contributed by atoms with Crippen LogP contribution >= 0.6 is 0 Å². The van der Waals surface area contributed by atoms with Gasteiger partial charge in [-0.25, -0.2) is 0 Å². The second-order valence-electron chi connectivity index (χ2n) is 7.35. The van der Waals surface area contributed by atoms with E-state index in [1.807, 2.05) is 0 Å². The molecule has 1 saturated carbocycles. The molecule has 0 heterocycles. The minimum atomic E-state index is 0.0482. The Hall–Kier alpha value is -0.900. The fourth-order valence-electron chi connectivity index (χ4n) is 3.55. The molecular formula is C20H38N2O2. The summed E-state index contributed by atoms with van der Waals surface area (Å²) in [6.07, 6.45) is 13.2. The van der Waals surface area contributed by atoms with E-state index in [2.05, 4.69) is 13.8 Å². The van der Waals surface area contributed by atoms with Gasteiger partial charge in [-0.1, -0.05) is 52.4 Å². The first-order valence-corrected chi connectivity index (χ1v) is 10.2. The zero-order chi connectivity index (χ0) is 17.8. The first-order chi connectivity index (χ1) is 11.6. The Labute approximate surface area is 148 Å². The van der Waals surface area contributed by atoms with Gasteiger partial charge in [-0.3, -0.25) is 14.5 Å². The Balaban J connectivity index is 2.57. The van der Waals surface area contributed by atoms with E-state index in [0.29, 0.717) is 12.8 Å². The largest absolute Gasteiger partial charge is 0.328 e. The molecular weight excluding hydrogens is 300 g/mol. The van der Waals surface area contributed by atoms with Crippen LogP contribution in [0.15, 0.2) is 0 Å². The number of amides is 2. The van der Waals surface area contributed by atoms with Crippen LogP contribution < -0.4 is 5.73 Å². The number of nitrogens with two attached hydrogens (primary N) is 1. The van der Waals surface area contributed by atoms with Gasteiger partial charge in [-0.15, -0.1) is 0 Å². The van der Waals surface area contributed by atoms with Crippen LogP contribution in [0.1, 0.15) is 104 Å². The predicted molar refractivity (Wildman–Crippen MR) is 99.6 cm³/mol.